The summed E-state index contributed by atoms with van der Waals surface area (Å²) in [5, 5.41) is 1.85. The van der Waals surface area contributed by atoms with Crippen LogP contribution in [-0.4, -0.2) is 30.2 Å². The van der Waals surface area contributed by atoms with Gasteiger partial charge in [-0.25, -0.2) is 0 Å². The molecule has 5 nitrogen and oxygen atoms in total. The molecule has 0 aliphatic rings. The van der Waals surface area contributed by atoms with Crippen LogP contribution in [0.1, 0.15) is 24.2 Å². The molecular weight excluding hydrogens is 410 g/mol. The van der Waals surface area contributed by atoms with Gasteiger partial charge in [-0.2, -0.15) is 0 Å². The Morgan fingerprint density at radius 2 is 1.52 bits per heavy atom. The molecule has 0 bridgehead atoms. The molecule has 0 radical (unpaired) electrons. The average Bonchev–Trinajstić information content (AvgIpc) is 2.79. The molecule has 3 aromatic rings. The molecule has 0 heterocycles. The minimum absolute atomic E-state index is 0.324. The van der Waals surface area contributed by atoms with Crippen molar-refractivity contribution in [3.63, 3.8) is 0 Å². The lowest BCUT2D eigenvalue weighted by atomic mass is 10.1. The third kappa shape index (κ3) is 6.12. The van der Waals surface area contributed by atoms with Gasteiger partial charge in [0.05, 0.1) is 18.8 Å². The SMILES string of the molecule is CCOc1ccc(OCC)c(C(=O)C(Sc2ccccc2)C(=O)Nc2ccccc2)c1. The molecule has 0 saturated heterocycles. The van der Waals surface area contributed by atoms with Crippen LogP contribution in [0, 0.1) is 0 Å². The molecule has 3 rings (SSSR count). The second-order valence-corrected chi connectivity index (χ2v) is 7.73. The Morgan fingerprint density at radius 3 is 2.16 bits per heavy atom. The van der Waals surface area contributed by atoms with Gasteiger partial charge >= 0.3 is 0 Å². The second kappa shape index (κ2) is 11.2. The van der Waals surface area contributed by atoms with E-state index in [9.17, 15) is 9.59 Å². The Morgan fingerprint density at radius 1 is 0.871 bits per heavy atom. The van der Waals surface area contributed by atoms with E-state index in [0.29, 0.717) is 36.0 Å². The van der Waals surface area contributed by atoms with Gasteiger partial charge in [-0.15, -0.1) is 11.8 Å². The lowest BCUT2D eigenvalue weighted by Crippen LogP contribution is -2.33. The predicted octanol–water partition coefficient (Wildman–Crippen LogP) is 5.47. The Bertz CT molecular complexity index is 1010. The quantitative estimate of drug-likeness (QED) is 0.260. The number of para-hydroxylation sites is 1. The van der Waals surface area contributed by atoms with E-state index in [-0.39, 0.29) is 5.78 Å². The number of amides is 1. The molecule has 31 heavy (non-hydrogen) atoms. The van der Waals surface area contributed by atoms with Crippen LogP contribution in [0.2, 0.25) is 0 Å². The largest absolute Gasteiger partial charge is 0.494 e. The first kappa shape index (κ1) is 22.4. The lowest BCUT2D eigenvalue weighted by molar-refractivity contribution is -0.115. The summed E-state index contributed by atoms with van der Waals surface area (Å²) < 4.78 is 11.2. The highest BCUT2D eigenvalue weighted by Gasteiger charge is 2.31. The van der Waals surface area contributed by atoms with E-state index in [2.05, 4.69) is 5.32 Å². The summed E-state index contributed by atoms with van der Waals surface area (Å²) in [7, 11) is 0. The molecule has 6 heteroatoms. The average molecular weight is 436 g/mol. The minimum atomic E-state index is -1.00. The van der Waals surface area contributed by atoms with Crippen molar-refractivity contribution >= 4 is 29.1 Å². The van der Waals surface area contributed by atoms with Crippen LogP contribution < -0.4 is 14.8 Å². The summed E-state index contributed by atoms with van der Waals surface area (Å²) in [6.07, 6.45) is 0. The highest BCUT2D eigenvalue weighted by Crippen LogP contribution is 2.32. The normalized spacial score (nSPS) is 11.4. The summed E-state index contributed by atoms with van der Waals surface area (Å²) in [6.45, 7) is 4.60. The van der Waals surface area contributed by atoms with E-state index in [0.717, 1.165) is 4.90 Å². The number of Topliss-reactive ketones (excluding diaryl/α,β-unsaturated/α-hetero) is 1. The van der Waals surface area contributed by atoms with Crippen LogP contribution in [0.4, 0.5) is 5.69 Å². The van der Waals surface area contributed by atoms with Gasteiger partial charge in [0.1, 0.15) is 11.5 Å². The second-order valence-electron chi connectivity index (χ2n) is 6.55. The minimum Gasteiger partial charge on any atom is -0.494 e. The Kier molecular flexibility index (Phi) is 8.12. The predicted molar refractivity (Wildman–Crippen MR) is 124 cm³/mol. The fourth-order valence-electron chi connectivity index (χ4n) is 2.97. The van der Waals surface area contributed by atoms with Gasteiger partial charge in [0, 0.05) is 10.6 Å². The maximum atomic E-state index is 13.6. The van der Waals surface area contributed by atoms with Crippen molar-refractivity contribution in [2.45, 2.75) is 24.0 Å². The fraction of sp³-hybridized carbons (Fsp3) is 0.200. The first-order valence-corrected chi connectivity index (χ1v) is 11.0. The maximum Gasteiger partial charge on any atom is 0.245 e. The van der Waals surface area contributed by atoms with Crippen LogP contribution in [-0.2, 0) is 4.79 Å². The number of nitrogens with one attached hydrogen (secondary N) is 1. The Hall–Kier alpha value is -3.25. The molecule has 0 spiro atoms. The van der Waals surface area contributed by atoms with Crippen LogP contribution in [0.3, 0.4) is 0 Å². The molecule has 0 aliphatic heterocycles. The number of benzene rings is 3. The van der Waals surface area contributed by atoms with Gasteiger partial charge < -0.3 is 14.8 Å². The summed E-state index contributed by atoms with van der Waals surface area (Å²) in [5.41, 5.74) is 0.955. The third-order valence-electron chi connectivity index (χ3n) is 4.34. The van der Waals surface area contributed by atoms with E-state index < -0.39 is 11.2 Å². The monoisotopic (exact) mass is 435 g/mol. The number of carbonyl (C=O) groups is 2. The van der Waals surface area contributed by atoms with Crippen molar-refractivity contribution in [1.82, 2.24) is 0 Å². The first-order valence-electron chi connectivity index (χ1n) is 10.1. The van der Waals surface area contributed by atoms with Crippen LogP contribution in [0.15, 0.2) is 83.8 Å². The molecule has 0 aliphatic carbocycles. The van der Waals surface area contributed by atoms with Crippen molar-refractivity contribution in [2.24, 2.45) is 0 Å². The van der Waals surface area contributed by atoms with Gasteiger partial charge in [0.2, 0.25) is 5.91 Å². The number of hydrogen-bond donors (Lipinski definition) is 1. The number of ether oxygens (including phenoxy) is 2. The molecule has 1 unspecified atom stereocenters. The van der Waals surface area contributed by atoms with E-state index in [1.165, 1.54) is 11.8 Å². The zero-order valence-electron chi connectivity index (χ0n) is 17.5. The van der Waals surface area contributed by atoms with Gasteiger partial charge in [-0.1, -0.05) is 36.4 Å². The van der Waals surface area contributed by atoms with Crippen LogP contribution in [0.5, 0.6) is 11.5 Å². The molecular formula is C25H25NO4S. The lowest BCUT2D eigenvalue weighted by Gasteiger charge is -2.18. The first-order chi connectivity index (χ1) is 15.1. The molecule has 160 valence electrons. The molecule has 1 atom stereocenters. The number of carbonyl (C=O) groups excluding carboxylic acids is 2. The Balaban J connectivity index is 1.96. The number of ketones is 1. The zero-order chi connectivity index (χ0) is 22.1. The van der Waals surface area contributed by atoms with E-state index >= 15 is 0 Å². The van der Waals surface area contributed by atoms with Crippen molar-refractivity contribution in [1.29, 1.82) is 0 Å². The number of rotatable bonds is 10. The van der Waals surface area contributed by atoms with Crippen molar-refractivity contribution in [3.05, 3.63) is 84.4 Å². The summed E-state index contributed by atoms with van der Waals surface area (Å²) in [4.78, 5) is 27.6. The van der Waals surface area contributed by atoms with Gasteiger partial charge in [0.25, 0.3) is 0 Å². The van der Waals surface area contributed by atoms with Crippen molar-refractivity contribution < 1.29 is 19.1 Å². The van der Waals surface area contributed by atoms with E-state index in [1.54, 1.807) is 30.3 Å². The molecule has 3 aromatic carbocycles. The van der Waals surface area contributed by atoms with Crippen molar-refractivity contribution in [2.75, 3.05) is 18.5 Å². The third-order valence-corrected chi connectivity index (χ3v) is 5.55. The summed E-state index contributed by atoms with van der Waals surface area (Å²) in [5.74, 6) is 0.255. The molecule has 0 aromatic heterocycles. The zero-order valence-corrected chi connectivity index (χ0v) is 18.4. The number of hydrogen-bond acceptors (Lipinski definition) is 5. The standard InChI is InChI=1S/C25H25NO4S/c1-3-29-19-15-16-22(30-4-2)21(17-19)23(27)24(31-20-13-9-6-10-14-20)25(28)26-18-11-7-5-8-12-18/h5-17,24H,3-4H2,1-2H3,(H,26,28). The summed E-state index contributed by atoms with van der Waals surface area (Å²) in [6, 6.07) is 23.6. The van der Waals surface area contributed by atoms with Gasteiger partial charge in [0.15, 0.2) is 11.0 Å². The number of anilines is 1. The van der Waals surface area contributed by atoms with E-state index in [4.69, 9.17) is 9.47 Å². The summed E-state index contributed by atoms with van der Waals surface area (Å²) >= 11 is 1.21. The van der Waals surface area contributed by atoms with Crippen LogP contribution in [0.25, 0.3) is 0 Å². The fourth-order valence-corrected chi connectivity index (χ4v) is 3.96. The van der Waals surface area contributed by atoms with Gasteiger partial charge in [-0.3, -0.25) is 9.59 Å². The molecule has 1 N–H and O–H groups in total. The maximum absolute atomic E-state index is 13.6. The highest BCUT2D eigenvalue weighted by molar-refractivity contribution is 8.01. The molecule has 0 saturated carbocycles. The van der Waals surface area contributed by atoms with Crippen LogP contribution >= 0.6 is 11.8 Å². The number of thioether (sulfide) groups is 1. The van der Waals surface area contributed by atoms with Crippen molar-refractivity contribution in [3.8, 4) is 11.5 Å². The smallest absolute Gasteiger partial charge is 0.245 e. The van der Waals surface area contributed by atoms with E-state index in [1.807, 2.05) is 62.4 Å². The highest BCUT2D eigenvalue weighted by atomic mass is 32.2. The Labute approximate surface area is 186 Å². The topological polar surface area (TPSA) is 64.6 Å². The molecule has 1 amide bonds. The molecule has 0 fully saturated rings. The van der Waals surface area contributed by atoms with Gasteiger partial charge in [-0.05, 0) is 56.3 Å².